The average molecular weight is 226 g/mol. The molecule has 0 spiro atoms. The van der Waals surface area contributed by atoms with Gasteiger partial charge in [-0.3, -0.25) is 4.79 Å². The summed E-state index contributed by atoms with van der Waals surface area (Å²) in [6.07, 6.45) is 6.80. The molecule has 1 atom stereocenters. The first-order valence-corrected chi connectivity index (χ1v) is 5.50. The molecule has 4 nitrogen and oxygen atoms in total. The van der Waals surface area contributed by atoms with E-state index in [1.807, 2.05) is 6.08 Å². The first-order valence-electron chi connectivity index (χ1n) is 5.50. The third kappa shape index (κ3) is 4.47. The molecule has 0 aliphatic heterocycles. The van der Waals surface area contributed by atoms with Crippen LogP contribution in [0.15, 0.2) is 12.2 Å². The van der Waals surface area contributed by atoms with Crippen molar-refractivity contribution in [2.75, 3.05) is 14.2 Å². The standard InChI is InChI=1S/C12H18O4/c1-15-11(13)7-5-10(9-3-4-9)6-8-12(14)16-2/h5,7,9-10H,3-4,6,8H2,1-2H3/b7-5+. The van der Waals surface area contributed by atoms with E-state index >= 15 is 0 Å². The SMILES string of the molecule is COC(=O)/C=C/C(CCC(=O)OC)C1CC1. The van der Waals surface area contributed by atoms with Crippen LogP contribution in [0.4, 0.5) is 0 Å². The molecular formula is C12H18O4. The zero-order valence-corrected chi connectivity index (χ0v) is 9.77. The van der Waals surface area contributed by atoms with Crippen LogP contribution < -0.4 is 0 Å². The second kappa shape index (κ2) is 6.30. The highest BCUT2D eigenvalue weighted by atomic mass is 16.5. The Morgan fingerprint density at radius 1 is 1.31 bits per heavy atom. The zero-order chi connectivity index (χ0) is 12.0. The van der Waals surface area contributed by atoms with Gasteiger partial charge in [0, 0.05) is 12.5 Å². The average Bonchev–Trinajstić information content (AvgIpc) is 3.12. The van der Waals surface area contributed by atoms with E-state index in [0.717, 1.165) is 6.42 Å². The highest BCUT2D eigenvalue weighted by Crippen LogP contribution is 2.39. The van der Waals surface area contributed by atoms with E-state index in [1.165, 1.54) is 33.1 Å². The third-order valence-electron chi connectivity index (χ3n) is 2.82. The van der Waals surface area contributed by atoms with Crippen LogP contribution in [0.3, 0.4) is 0 Å². The molecule has 1 unspecified atom stereocenters. The summed E-state index contributed by atoms with van der Waals surface area (Å²) in [6.45, 7) is 0. The Kier molecular flexibility index (Phi) is 5.02. The normalized spacial score (nSPS) is 17.1. The monoisotopic (exact) mass is 226 g/mol. The first kappa shape index (κ1) is 12.7. The van der Waals surface area contributed by atoms with E-state index < -0.39 is 0 Å². The van der Waals surface area contributed by atoms with Gasteiger partial charge >= 0.3 is 11.9 Å². The third-order valence-corrected chi connectivity index (χ3v) is 2.82. The molecule has 0 aromatic heterocycles. The van der Waals surface area contributed by atoms with Crippen LogP contribution in [-0.4, -0.2) is 26.2 Å². The van der Waals surface area contributed by atoms with Gasteiger partial charge in [0.2, 0.25) is 0 Å². The molecule has 1 rings (SSSR count). The minimum absolute atomic E-state index is 0.197. The van der Waals surface area contributed by atoms with Crippen LogP contribution in [0.5, 0.6) is 0 Å². The van der Waals surface area contributed by atoms with E-state index in [9.17, 15) is 9.59 Å². The summed E-state index contributed by atoms with van der Waals surface area (Å²) in [5, 5.41) is 0. The van der Waals surface area contributed by atoms with Gasteiger partial charge in [-0.05, 0) is 31.1 Å². The van der Waals surface area contributed by atoms with Gasteiger partial charge in [0.25, 0.3) is 0 Å². The Morgan fingerprint density at radius 3 is 2.50 bits per heavy atom. The predicted molar refractivity (Wildman–Crippen MR) is 58.6 cm³/mol. The molecule has 0 N–H and O–H groups in total. The molecule has 1 fully saturated rings. The minimum Gasteiger partial charge on any atom is -0.469 e. The number of ether oxygens (including phenoxy) is 2. The van der Waals surface area contributed by atoms with Gasteiger partial charge in [-0.2, -0.15) is 0 Å². The van der Waals surface area contributed by atoms with Crippen LogP contribution in [-0.2, 0) is 19.1 Å². The van der Waals surface area contributed by atoms with Gasteiger partial charge in [-0.25, -0.2) is 4.79 Å². The molecule has 0 radical (unpaired) electrons. The van der Waals surface area contributed by atoms with Crippen LogP contribution in [0, 0.1) is 11.8 Å². The van der Waals surface area contributed by atoms with Crippen molar-refractivity contribution in [3.63, 3.8) is 0 Å². The second-order valence-corrected chi connectivity index (χ2v) is 4.00. The van der Waals surface area contributed by atoms with Crippen molar-refractivity contribution < 1.29 is 19.1 Å². The predicted octanol–water partition coefficient (Wildman–Crippen LogP) is 1.69. The molecule has 0 saturated heterocycles. The molecule has 0 aromatic rings. The fourth-order valence-electron chi connectivity index (χ4n) is 1.67. The number of methoxy groups -OCH3 is 2. The van der Waals surface area contributed by atoms with Crippen LogP contribution in [0.1, 0.15) is 25.7 Å². The molecule has 0 amide bonds. The van der Waals surface area contributed by atoms with Gasteiger partial charge in [0.15, 0.2) is 0 Å². The molecule has 4 heteroatoms. The Hall–Kier alpha value is -1.32. The molecule has 90 valence electrons. The van der Waals surface area contributed by atoms with Crippen molar-refractivity contribution in [3.8, 4) is 0 Å². The smallest absolute Gasteiger partial charge is 0.330 e. The largest absolute Gasteiger partial charge is 0.469 e. The number of rotatable bonds is 6. The lowest BCUT2D eigenvalue weighted by Gasteiger charge is -2.09. The molecule has 1 aliphatic rings. The van der Waals surface area contributed by atoms with Crippen LogP contribution in [0.25, 0.3) is 0 Å². The molecule has 0 bridgehead atoms. The Morgan fingerprint density at radius 2 is 2.00 bits per heavy atom. The van der Waals surface area contributed by atoms with Crippen molar-refractivity contribution >= 4 is 11.9 Å². The summed E-state index contributed by atoms with van der Waals surface area (Å²) in [5.41, 5.74) is 0. The Balaban J connectivity index is 2.39. The van der Waals surface area contributed by atoms with Crippen LogP contribution in [0.2, 0.25) is 0 Å². The fourth-order valence-corrected chi connectivity index (χ4v) is 1.67. The maximum atomic E-state index is 11.0. The maximum absolute atomic E-state index is 11.0. The molecule has 1 saturated carbocycles. The van der Waals surface area contributed by atoms with Gasteiger partial charge in [0.05, 0.1) is 14.2 Å². The molecule has 1 aliphatic carbocycles. The van der Waals surface area contributed by atoms with Crippen molar-refractivity contribution in [3.05, 3.63) is 12.2 Å². The number of hydrogen-bond acceptors (Lipinski definition) is 4. The van der Waals surface area contributed by atoms with E-state index in [2.05, 4.69) is 9.47 Å². The number of allylic oxidation sites excluding steroid dienone is 1. The summed E-state index contributed by atoms with van der Waals surface area (Å²) in [4.78, 5) is 22.0. The van der Waals surface area contributed by atoms with E-state index in [0.29, 0.717) is 12.3 Å². The summed E-state index contributed by atoms with van der Waals surface area (Å²) in [6, 6.07) is 0. The van der Waals surface area contributed by atoms with E-state index in [1.54, 1.807) is 0 Å². The summed E-state index contributed by atoms with van der Waals surface area (Å²) in [5.74, 6) is 0.365. The van der Waals surface area contributed by atoms with E-state index in [4.69, 9.17) is 0 Å². The van der Waals surface area contributed by atoms with E-state index in [-0.39, 0.29) is 17.9 Å². The Labute approximate surface area is 95.6 Å². The van der Waals surface area contributed by atoms with Gasteiger partial charge < -0.3 is 9.47 Å². The quantitative estimate of drug-likeness (QED) is 0.511. The highest BCUT2D eigenvalue weighted by molar-refractivity contribution is 5.81. The maximum Gasteiger partial charge on any atom is 0.330 e. The summed E-state index contributed by atoms with van der Waals surface area (Å²) < 4.78 is 9.12. The number of carbonyl (C=O) groups is 2. The zero-order valence-electron chi connectivity index (χ0n) is 9.77. The molecule has 16 heavy (non-hydrogen) atoms. The van der Waals surface area contributed by atoms with Gasteiger partial charge in [0.1, 0.15) is 0 Å². The minimum atomic E-state index is -0.344. The molecular weight excluding hydrogens is 208 g/mol. The summed E-state index contributed by atoms with van der Waals surface area (Å²) >= 11 is 0. The van der Waals surface area contributed by atoms with Gasteiger partial charge in [-0.15, -0.1) is 0 Å². The van der Waals surface area contributed by atoms with Crippen molar-refractivity contribution in [1.82, 2.24) is 0 Å². The van der Waals surface area contributed by atoms with Crippen molar-refractivity contribution in [2.24, 2.45) is 11.8 Å². The number of hydrogen-bond donors (Lipinski definition) is 0. The van der Waals surface area contributed by atoms with Gasteiger partial charge in [-0.1, -0.05) is 6.08 Å². The summed E-state index contributed by atoms with van der Waals surface area (Å²) in [7, 11) is 2.74. The van der Waals surface area contributed by atoms with Crippen molar-refractivity contribution in [2.45, 2.75) is 25.7 Å². The number of carbonyl (C=O) groups excluding carboxylic acids is 2. The van der Waals surface area contributed by atoms with Crippen molar-refractivity contribution in [1.29, 1.82) is 0 Å². The lowest BCUT2D eigenvalue weighted by atomic mass is 9.97. The lowest BCUT2D eigenvalue weighted by Crippen LogP contribution is -2.07. The highest BCUT2D eigenvalue weighted by Gasteiger charge is 2.29. The Bertz CT molecular complexity index is 279. The lowest BCUT2D eigenvalue weighted by molar-refractivity contribution is -0.140. The molecule has 0 heterocycles. The molecule has 0 aromatic carbocycles. The number of esters is 2. The van der Waals surface area contributed by atoms with Crippen LogP contribution >= 0.6 is 0 Å². The fraction of sp³-hybridized carbons (Fsp3) is 0.667. The second-order valence-electron chi connectivity index (χ2n) is 4.00. The topological polar surface area (TPSA) is 52.6 Å². The first-order chi connectivity index (χ1) is 7.67.